The molecule has 0 bridgehead atoms. The summed E-state index contributed by atoms with van der Waals surface area (Å²) in [7, 11) is 0. The maximum absolute atomic E-state index is 10.9. The minimum absolute atomic E-state index is 0.0224. The molecular formula is C14H9N3O4S. The lowest BCUT2D eigenvalue weighted by Gasteiger charge is -2.04. The molecule has 22 heavy (non-hydrogen) atoms. The normalized spacial score (nSPS) is 9.95. The van der Waals surface area contributed by atoms with Gasteiger partial charge in [-0.15, -0.1) is 11.8 Å². The van der Waals surface area contributed by atoms with E-state index in [-0.39, 0.29) is 22.0 Å². The molecule has 0 unspecified atom stereocenters. The average Bonchev–Trinajstić information content (AvgIpc) is 2.52. The largest absolute Gasteiger partial charge is 0.477 e. The van der Waals surface area contributed by atoms with Crippen LogP contribution in [0.3, 0.4) is 0 Å². The van der Waals surface area contributed by atoms with Crippen molar-refractivity contribution in [2.24, 2.45) is 0 Å². The Morgan fingerprint density at radius 2 is 2.18 bits per heavy atom. The molecule has 0 amide bonds. The van der Waals surface area contributed by atoms with Crippen molar-refractivity contribution >= 4 is 23.4 Å². The van der Waals surface area contributed by atoms with Gasteiger partial charge in [0.2, 0.25) is 0 Å². The highest BCUT2D eigenvalue weighted by molar-refractivity contribution is 7.98. The van der Waals surface area contributed by atoms with Gasteiger partial charge in [0.1, 0.15) is 16.8 Å². The van der Waals surface area contributed by atoms with Crippen LogP contribution in [0.1, 0.15) is 21.6 Å². The number of nitriles is 1. The zero-order chi connectivity index (χ0) is 16.1. The van der Waals surface area contributed by atoms with E-state index in [0.29, 0.717) is 11.3 Å². The highest BCUT2D eigenvalue weighted by Gasteiger charge is 2.12. The van der Waals surface area contributed by atoms with Crippen molar-refractivity contribution in [3.8, 4) is 6.07 Å². The first-order valence-electron chi connectivity index (χ1n) is 6.02. The SMILES string of the molecule is N#Cc1ccc(C(=O)O)nc1SCc1cccc([N+](=O)[O-])c1. The Kier molecular flexibility index (Phi) is 4.70. The van der Waals surface area contributed by atoms with Gasteiger partial charge in [-0.05, 0) is 17.7 Å². The minimum Gasteiger partial charge on any atom is -0.477 e. The number of aromatic nitrogens is 1. The third-order valence-corrected chi connectivity index (χ3v) is 3.76. The number of carbonyl (C=O) groups is 1. The molecule has 7 nitrogen and oxygen atoms in total. The van der Waals surface area contributed by atoms with Crippen LogP contribution in [0.15, 0.2) is 41.4 Å². The third-order valence-electron chi connectivity index (χ3n) is 2.70. The summed E-state index contributed by atoms with van der Waals surface area (Å²) in [5, 5.41) is 29.0. The molecule has 110 valence electrons. The quantitative estimate of drug-likeness (QED) is 0.512. The molecule has 1 aromatic heterocycles. The summed E-state index contributed by atoms with van der Waals surface area (Å²) >= 11 is 1.16. The van der Waals surface area contributed by atoms with E-state index in [2.05, 4.69) is 4.98 Å². The van der Waals surface area contributed by atoms with Crippen LogP contribution in [0, 0.1) is 21.4 Å². The molecule has 1 heterocycles. The fourth-order valence-electron chi connectivity index (χ4n) is 1.67. The summed E-state index contributed by atoms with van der Waals surface area (Å²) in [5.74, 6) is -0.839. The average molecular weight is 315 g/mol. The van der Waals surface area contributed by atoms with Gasteiger partial charge in [0.15, 0.2) is 0 Å². The van der Waals surface area contributed by atoms with Gasteiger partial charge < -0.3 is 5.11 Å². The number of hydrogen-bond acceptors (Lipinski definition) is 6. The number of hydrogen-bond donors (Lipinski definition) is 1. The van der Waals surface area contributed by atoms with E-state index in [1.165, 1.54) is 24.3 Å². The first-order valence-corrected chi connectivity index (χ1v) is 7.00. The van der Waals surface area contributed by atoms with Crippen LogP contribution in [-0.4, -0.2) is 21.0 Å². The van der Waals surface area contributed by atoms with Crippen LogP contribution in [0.25, 0.3) is 0 Å². The number of carboxylic acids is 1. The molecule has 0 saturated carbocycles. The molecular weight excluding hydrogens is 306 g/mol. The topological polar surface area (TPSA) is 117 Å². The molecule has 0 atom stereocenters. The third kappa shape index (κ3) is 3.59. The summed E-state index contributed by atoms with van der Waals surface area (Å²) < 4.78 is 0. The number of thioether (sulfide) groups is 1. The van der Waals surface area contributed by atoms with Crippen molar-refractivity contribution in [2.75, 3.05) is 0 Å². The van der Waals surface area contributed by atoms with Crippen LogP contribution < -0.4 is 0 Å². The zero-order valence-corrected chi connectivity index (χ0v) is 11.9. The molecule has 0 aliphatic heterocycles. The standard InChI is InChI=1S/C14H9N3O4S/c15-7-10-4-5-12(14(18)19)16-13(10)22-8-9-2-1-3-11(6-9)17(20)21/h1-6H,8H2,(H,18,19). The second kappa shape index (κ2) is 6.69. The molecule has 0 fully saturated rings. The van der Waals surface area contributed by atoms with Crippen molar-refractivity contribution in [1.29, 1.82) is 5.26 Å². The summed E-state index contributed by atoms with van der Waals surface area (Å²) in [4.78, 5) is 25.1. The molecule has 0 aliphatic rings. The first-order chi connectivity index (χ1) is 10.5. The first kappa shape index (κ1) is 15.5. The van der Waals surface area contributed by atoms with Gasteiger partial charge in [0, 0.05) is 17.9 Å². The van der Waals surface area contributed by atoms with Crippen LogP contribution in [0.4, 0.5) is 5.69 Å². The molecule has 1 N–H and O–H groups in total. The summed E-state index contributed by atoms with van der Waals surface area (Å²) in [6, 6.07) is 10.7. The highest BCUT2D eigenvalue weighted by atomic mass is 32.2. The Hall–Kier alpha value is -2.92. The van der Waals surface area contributed by atoms with Crippen LogP contribution in [-0.2, 0) is 5.75 Å². The Labute approximate surface area is 129 Å². The van der Waals surface area contributed by atoms with Crippen molar-refractivity contribution in [1.82, 2.24) is 4.98 Å². The predicted molar refractivity (Wildman–Crippen MR) is 78.6 cm³/mol. The number of pyridine rings is 1. The number of non-ortho nitro benzene ring substituents is 1. The molecule has 0 aliphatic carbocycles. The Morgan fingerprint density at radius 1 is 1.41 bits per heavy atom. The van der Waals surface area contributed by atoms with E-state index in [4.69, 9.17) is 10.4 Å². The number of carboxylic acid groups (broad SMARTS) is 1. The maximum atomic E-state index is 10.9. The van der Waals surface area contributed by atoms with Gasteiger partial charge >= 0.3 is 5.97 Å². The molecule has 0 saturated heterocycles. The van der Waals surface area contributed by atoms with E-state index >= 15 is 0 Å². The fraction of sp³-hybridized carbons (Fsp3) is 0.0714. The van der Waals surface area contributed by atoms with Gasteiger partial charge in [-0.1, -0.05) is 12.1 Å². The van der Waals surface area contributed by atoms with Gasteiger partial charge in [-0.3, -0.25) is 10.1 Å². The minimum atomic E-state index is -1.18. The lowest BCUT2D eigenvalue weighted by Crippen LogP contribution is -2.02. The number of rotatable bonds is 5. The van der Waals surface area contributed by atoms with Crippen LogP contribution >= 0.6 is 11.8 Å². The van der Waals surface area contributed by atoms with Gasteiger partial charge in [-0.25, -0.2) is 9.78 Å². The number of aromatic carboxylic acids is 1. The predicted octanol–water partition coefficient (Wildman–Crippen LogP) is 2.85. The Morgan fingerprint density at radius 3 is 2.82 bits per heavy atom. The van der Waals surface area contributed by atoms with Crippen LogP contribution in [0.5, 0.6) is 0 Å². The number of benzene rings is 1. The Balaban J connectivity index is 2.22. The molecule has 2 aromatic rings. The smallest absolute Gasteiger partial charge is 0.354 e. The molecule has 0 radical (unpaired) electrons. The molecule has 2 rings (SSSR count). The molecule has 8 heteroatoms. The number of nitro benzene ring substituents is 1. The summed E-state index contributed by atoms with van der Waals surface area (Å²) in [6.45, 7) is 0. The van der Waals surface area contributed by atoms with Gasteiger partial charge in [-0.2, -0.15) is 5.26 Å². The van der Waals surface area contributed by atoms with E-state index in [1.807, 2.05) is 6.07 Å². The van der Waals surface area contributed by atoms with E-state index in [1.54, 1.807) is 12.1 Å². The van der Waals surface area contributed by atoms with Crippen molar-refractivity contribution in [2.45, 2.75) is 10.8 Å². The van der Waals surface area contributed by atoms with E-state index in [9.17, 15) is 14.9 Å². The summed E-state index contributed by atoms with van der Waals surface area (Å²) in [5.41, 5.74) is 0.775. The summed E-state index contributed by atoms with van der Waals surface area (Å²) in [6.07, 6.45) is 0. The molecule has 1 aromatic carbocycles. The van der Waals surface area contributed by atoms with Crippen LogP contribution in [0.2, 0.25) is 0 Å². The highest BCUT2D eigenvalue weighted by Crippen LogP contribution is 2.26. The zero-order valence-electron chi connectivity index (χ0n) is 11.1. The molecule has 0 spiro atoms. The lowest BCUT2D eigenvalue weighted by atomic mass is 10.2. The van der Waals surface area contributed by atoms with Gasteiger partial charge in [0.25, 0.3) is 5.69 Å². The number of nitrogens with zero attached hydrogens (tertiary/aromatic N) is 3. The maximum Gasteiger partial charge on any atom is 0.354 e. The van der Waals surface area contributed by atoms with E-state index < -0.39 is 10.9 Å². The van der Waals surface area contributed by atoms with Crippen molar-refractivity contribution < 1.29 is 14.8 Å². The Bertz CT molecular complexity index is 786. The van der Waals surface area contributed by atoms with Gasteiger partial charge in [0.05, 0.1) is 10.5 Å². The van der Waals surface area contributed by atoms with E-state index in [0.717, 1.165) is 11.8 Å². The lowest BCUT2D eigenvalue weighted by molar-refractivity contribution is -0.384. The monoisotopic (exact) mass is 315 g/mol. The second-order valence-corrected chi connectivity index (χ2v) is 5.15. The van der Waals surface area contributed by atoms with Crippen molar-refractivity contribution in [3.05, 3.63) is 63.3 Å². The van der Waals surface area contributed by atoms with Crippen molar-refractivity contribution in [3.63, 3.8) is 0 Å². The second-order valence-electron chi connectivity index (χ2n) is 4.18. The fourth-order valence-corrected chi connectivity index (χ4v) is 2.58. The number of nitro groups is 1.